The molecule has 6 heteroatoms. The van der Waals surface area contributed by atoms with Crippen LogP contribution in [0.5, 0.6) is 0 Å². The van der Waals surface area contributed by atoms with Crippen LogP contribution < -0.4 is 0 Å². The highest BCUT2D eigenvalue weighted by Crippen LogP contribution is 2.27. The van der Waals surface area contributed by atoms with Gasteiger partial charge in [0.15, 0.2) is 0 Å². The van der Waals surface area contributed by atoms with E-state index in [1.54, 1.807) is 0 Å². The van der Waals surface area contributed by atoms with Gasteiger partial charge in [-0.2, -0.15) is 0 Å². The number of rotatable bonds is 8. The van der Waals surface area contributed by atoms with Gasteiger partial charge in [-0.05, 0) is 24.8 Å². The lowest BCUT2D eigenvalue weighted by Gasteiger charge is -2.30. The van der Waals surface area contributed by atoms with Gasteiger partial charge in [0.05, 0.1) is 25.8 Å². The fourth-order valence-corrected chi connectivity index (χ4v) is 2.93. The van der Waals surface area contributed by atoms with E-state index in [4.69, 9.17) is 14.9 Å². The van der Waals surface area contributed by atoms with Crippen molar-refractivity contribution in [2.24, 2.45) is 0 Å². The summed E-state index contributed by atoms with van der Waals surface area (Å²) in [7, 11) is 0. The molecule has 0 bridgehead atoms. The monoisotopic (exact) mass is 307 g/mol. The summed E-state index contributed by atoms with van der Waals surface area (Å²) in [4.78, 5) is 23.4. The minimum absolute atomic E-state index is 0.126. The van der Waals surface area contributed by atoms with E-state index in [-0.39, 0.29) is 25.2 Å². The highest BCUT2D eigenvalue weighted by molar-refractivity contribution is 5.72. The second kappa shape index (κ2) is 7.91. The van der Waals surface area contributed by atoms with Gasteiger partial charge >= 0.3 is 11.9 Å². The quantitative estimate of drug-likeness (QED) is 0.758. The molecule has 1 fully saturated rings. The lowest BCUT2D eigenvalue weighted by molar-refractivity contribution is -0.144. The smallest absolute Gasteiger partial charge is 0.317 e. The number of carbonyl (C=O) groups is 2. The lowest BCUT2D eigenvalue weighted by Crippen LogP contribution is -2.46. The SMILES string of the molecule is O=C(O)CN(CC(=O)O)C1CCC[C@@H]1OCc1ccccc1. The van der Waals surface area contributed by atoms with Crippen LogP contribution in [0.4, 0.5) is 0 Å². The number of hydrogen-bond donors (Lipinski definition) is 2. The first-order valence-corrected chi connectivity index (χ1v) is 7.39. The molecule has 0 radical (unpaired) electrons. The Morgan fingerprint density at radius 1 is 1.09 bits per heavy atom. The van der Waals surface area contributed by atoms with Crippen molar-refractivity contribution in [1.29, 1.82) is 0 Å². The summed E-state index contributed by atoms with van der Waals surface area (Å²) in [6.45, 7) is -0.0969. The molecular weight excluding hydrogens is 286 g/mol. The predicted molar refractivity (Wildman–Crippen MR) is 79.5 cm³/mol. The van der Waals surface area contributed by atoms with E-state index in [1.807, 2.05) is 30.3 Å². The highest BCUT2D eigenvalue weighted by atomic mass is 16.5. The molecule has 22 heavy (non-hydrogen) atoms. The molecule has 0 aliphatic heterocycles. The topological polar surface area (TPSA) is 87.1 Å². The number of ether oxygens (including phenoxy) is 1. The van der Waals surface area contributed by atoms with Crippen molar-refractivity contribution >= 4 is 11.9 Å². The van der Waals surface area contributed by atoms with Crippen LogP contribution >= 0.6 is 0 Å². The maximum absolute atomic E-state index is 11.0. The fourth-order valence-electron chi connectivity index (χ4n) is 2.93. The molecule has 2 atom stereocenters. The van der Waals surface area contributed by atoms with Crippen molar-refractivity contribution in [2.45, 2.75) is 38.0 Å². The van der Waals surface area contributed by atoms with Crippen LogP contribution in [-0.4, -0.2) is 52.3 Å². The molecule has 1 aromatic carbocycles. The van der Waals surface area contributed by atoms with E-state index >= 15 is 0 Å². The third kappa shape index (κ3) is 4.82. The van der Waals surface area contributed by atoms with E-state index in [2.05, 4.69) is 0 Å². The van der Waals surface area contributed by atoms with Crippen molar-refractivity contribution in [2.75, 3.05) is 13.1 Å². The fraction of sp³-hybridized carbons (Fsp3) is 0.500. The zero-order valence-corrected chi connectivity index (χ0v) is 12.4. The van der Waals surface area contributed by atoms with E-state index in [9.17, 15) is 9.59 Å². The first-order chi connectivity index (χ1) is 10.6. The molecule has 0 heterocycles. The maximum atomic E-state index is 11.0. The number of aliphatic carboxylic acids is 2. The molecule has 1 aliphatic carbocycles. The van der Waals surface area contributed by atoms with Crippen molar-refractivity contribution in [3.05, 3.63) is 35.9 Å². The Kier molecular flexibility index (Phi) is 5.91. The summed E-state index contributed by atoms with van der Waals surface area (Å²) in [5.74, 6) is -2.04. The number of carboxylic acid groups (broad SMARTS) is 2. The van der Waals surface area contributed by atoms with Gasteiger partial charge in [0.2, 0.25) is 0 Å². The second-order valence-electron chi connectivity index (χ2n) is 5.53. The van der Waals surface area contributed by atoms with Gasteiger partial charge in [0, 0.05) is 6.04 Å². The molecule has 0 amide bonds. The van der Waals surface area contributed by atoms with E-state index in [0.29, 0.717) is 6.61 Å². The number of benzene rings is 1. The molecule has 0 aromatic heterocycles. The van der Waals surface area contributed by atoms with Gasteiger partial charge in [-0.3, -0.25) is 14.5 Å². The average Bonchev–Trinajstić information content (AvgIpc) is 2.93. The Morgan fingerprint density at radius 3 is 2.32 bits per heavy atom. The Hall–Kier alpha value is -1.92. The number of nitrogens with zero attached hydrogens (tertiary/aromatic N) is 1. The molecule has 0 spiro atoms. The molecule has 1 saturated carbocycles. The van der Waals surface area contributed by atoms with Crippen LogP contribution in [0.25, 0.3) is 0 Å². The molecule has 120 valence electrons. The lowest BCUT2D eigenvalue weighted by atomic mass is 10.1. The van der Waals surface area contributed by atoms with Crippen LogP contribution in [0.2, 0.25) is 0 Å². The largest absolute Gasteiger partial charge is 0.480 e. The zero-order valence-electron chi connectivity index (χ0n) is 12.4. The number of carboxylic acids is 2. The minimum Gasteiger partial charge on any atom is -0.480 e. The molecule has 2 rings (SSSR count). The zero-order chi connectivity index (χ0) is 15.9. The van der Waals surface area contributed by atoms with Gasteiger partial charge in [-0.15, -0.1) is 0 Å². The van der Waals surface area contributed by atoms with Crippen molar-refractivity contribution in [1.82, 2.24) is 4.90 Å². The van der Waals surface area contributed by atoms with E-state index < -0.39 is 11.9 Å². The van der Waals surface area contributed by atoms with Crippen LogP contribution in [0.1, 0.15) is 24.8 Å². The highest BCUT2D eigenvalue weighted by Gasteiger charge is 2.34. The van der Waals surface area contributed by atoms with Gasteiger partial charge < -0.3 is 14.9 Å². The third-order valence-corrected chi connectivity index (χ3v) is 3.87. The van der Waals surface area contributed by atoms with Crippen LogP contribution in [0, 0.1) is 0 Å². The van der Waals surface area contributed by atoms with Gasteiger partial charge in [0.25, 0.3) is 0 Å². The Labute approximate surface area is 129 Å². The second-order valence-corrected chi connectivity index (χ2v) is 5.53. The minimum atomic E-state index is -1.02. The summed E-state index contributed by atoms with van der Waals surface area (Å²) in [6.07, 6.45) is 2.38. The Bertz CT molecular complexity index is 489. The standard InChI is InChI=1S/C16H21NO5/c18-15(19)9-17(10-16(20)21)13-7-4-8-14(13)22-11-12-5-2-1-3-6-12/h1-3,5-6,13-14H,4,7-11H2,(H,18,19)(H,20,21)/t13?,14-/m0/s1. The first-order valence-electron chi connectivity index (χ1n) is 7.39. The molecule has 1 aliphatic rings. The average molecular weight is 307 g/mol. The summed E-state index contributed by atoms with van der Waals surface area (Å²) < 4.78 is 5.92. The van der Waals surface area contributed by atoms with Gasteiger partial charge in [0.1, 0.15) is 0 Å². The normalized spacial score (nSPS) is 21.1. The van der Waals surface area contributed by atoms with Gasteiger partial charge in [-0.25, -0.2) is 0 Å². The van der Waals surface area contributed by atoms with Crippen molar-refractivity contribution in [3.63, 3.8) is 0 Å². The molecule has 1 aromatic rings. The summed E-state index contributed by atoms with van der Waals surface area (Å²) in [6, 6.07) is 9.59. The van der Waals surface area contributed by atoms with Crippen LogP contribution in [-0.2, 0) is 20.9 Å². The number of hydrogen-bond acceptors (Lipinski definition) is 4. The van der Waals surface area contributed by atoms with E-state index in [0.717, 1.165) is 24.8 Å². The van der Waals surface area contributed by atoms with Crippen molar-refractivity contribution in [3.8, 4) is 0 Å². The van der Waals surface area contributed by atoms with Gasteiger partial charge in [-0.1, -0.05) is 30.3 Å². The molecule has 2 N–H and O–H groups in total. The van der Waals surface area contributed by atoms with E-state index in [1.165, 1.54) is 4.90 Å². The summed E-state index contributed by atoms with van der Waals surface area (Å²) in [5.41, 5.74) is 1.05. The molecule has 0 saturated heterocycles. The summed E-state index contributed by atoms with van der Waals surface area (Å²) in [5, 5.41) is 18.0. The molecule has 1 unspecified atom stereocenters. The third-order valence-electron chi connectivity index (χ3n) is 3.87. The van der Waals surface area contributed by atoms with Crippen LogP contribution in [0.15, 0.2) is 30.3 Å². The Morgan fingerprint density at radius 2 is 1.73 bits per heavy atom. The maximum Gasteiger partial charge on any atom is 0.317 e. The Balaban J connectivity index is 1.97. The first kappa shape index (κ1) is 16.5. The molecular formula is C16H21NO5. The molecule has 6 nitrogen and oxygen atoms in total. The van der Waals surface area contributed by atoms with Crippen molar-refractivity contribution < 1.29 is 24.5 Å². The summed E-state index contributed by atoms with van der Waals surface area (Å²) >= 11 is 0. The predicted octanol–water partition coefficient (Wildman–Crippen LogP) is 1.60. The van der Waals surface area contributed by atoms with Crippen LogP contribution in [0.3, 0.4) is 0 Å².